The molecule has 0 spiro atoms. The van der Waals surface area contributed by atoms with Gasteiger partial charge in [-0.15, -0.1) is 0 Å². The van der Waals surface area contributed by atoms with Crippen molar-refractivity contribution in [2.45, 2.75) is 58.8 Å². The summed E-state index contributed by atoms with van der Waals surface area (Å²) in [5.41, 5.74) is -0.385. The van der Waals surface area contributed by atoms with E-state index in [4.69, 9.17) is 9.47 Å². The first kappa shape index (κ1) is 30.1. The van der Waals surface area contributed by atoms with E-state index in [0.717, 1.165) is 0 Å². The third kappa shape index (κ3) is 7.55. The number of amides is 1. The van der Waals surface area contributed by atoms with Gasteiger partial charge in [-0.25, -0.2) is 9.59 Å². The van der Waals surface area contributed by atoms with Gasteiger partial charge in [0.2, 0.25) is 0 Å². The van der Waals surface area contributed by atoms with Crippen LogP contribution in [0.1, 0.15) is 57.7 Å². The number of dihydropyridines is 1. The molecule has 1 aliphatic rings. The number of benzene rings is 2. The fraction of sp³-hybridized carbons (Fsp3) is 0.357. The van der Waals surface area contributed by atoms with Crippen molar-refractivity contribution in [1.29, 1.82) is 0 Å². The van der Waals surface area contributed by atoms with Gasteiger partial charge in [0.25, 0.3) is 5.70 Å². The molecule has 0 aromatic heterocycles. The molecule has 0 fully saturated rings. The number of hydrogen-bond acceptors (Lipinski definition) is 8. The summed E-state index contributed by atoms with van der Waals surface area (Å²) in [7, 11) is 0. The molecule has 2 unspecified atom stereocenters. The minimum Gasteiger partial charge on any atom is -0.460 e. The Morgan fingerprint density at radius 3 is 2.27 bits per heavy atom. The lowest BCUT2D eigenvalue weighted by Gasteiger charge is -2.28. The lowest BCUT2D eigenvalue weighted by molar-refractivity contribution is -0.431. The molecule has 1 heterocycles. The number of nitro groups is 1. The van der Waals surface area contributed by atoms with E-state index in [9.17, 15) is 28.5 Å². The van der Waals surface area contributed by atoms with Crippen LogP contribution in [0.5, 0.6) is 5.75 Å². The molecule has 1 amide bonds. The summed E-state index contributed by atoms with van der Waals surface area (Å²) < 4.78 is 41.9. The Bertz CT molecular complexity index is 1320. The maximum atomic E-state index is 13.6. The molecule has 3 rings (SSSR count). The number of nitrogens with zero attached hydrogens (tertiary/aromatic N) is 1. The second kappa shape index (κ2) is 12.6. The summed E-state index contributed by atoms with van der Waals surface area (Å²) in [4.78, 5) is 37.5. The van der Waals surface area contributed by atoms with Crippen LogP contribution in [0.15, 0.2) is 77.3 Å². The first-order valence-corrected chi connectivity index (χ1v) is 12.4. The molecule has 0 bridgehead atoms. The van der Waals surface area contributed by atoms with Crippen molar-refractivity contribution in [3.05, 3.63) is 98.5 Å². The zero-order chi connectivity index (χ0) is 29.6. The van der Waals surface area contributed by atoms with Crippen molar-refractivity contribution in [3.8, 4) is 5.75 Å². The predicted molar refractivity (Wildman–Crippen MR) is 141 cm³/mol. The van der Waals surface area contributed by atoms with E-state index in [2.05, 4.69) is 15.4 Å². The summed E-state index contributed by atoms with van der Waals surface area (Å²) in [6.07, 6.45) is -0.739. The molecule has 2 atom stereocenters. The van der Waals surface area contributed by atoms with Crippen LogP contribution in [0.2, 0.25) is 0 Å². The predicted octanol–water partition coefficient (Wildman–Crippen LogP) is 5.57. The van der Waals surface area contributed by atoms with Gasteiger partial charge in [-0.2, -0.15) is 8.78 Å². The maximum absolute atomic E-state index is 13.6. The van der Waals surface area contributed by atoms with Crippen molar-refractivity contribution in [1.82, 2.24) is 10.6 Å². The fourth-order valence-electron chi connectivity index (χ4n) is 4.31. The molecule has 10 nitrogen and oxygen atoms in total. The van der Waals surface area contributed by atoms with E-state index in [-0.39, 0.29) is 34.9 Å². The number of carbonyl (C=O) groups excluding carboxylic acids is 2. The van der Waals surface area contributed by atoms with E-state index in [0.29, 0.717) is 5.56 Å². The average Bonchev–Trinajstić information content (AvgIpc) is 2.85. The molecule has 40 heavy (non-hydrogen) atoms. The van der Waals surface area contributed by atoms with Gasteiger partial charge in [-0.05, 0) is 46.2 Å². The summed E-state index contributed by atoms with van der Waals surface area (Å²) in [5, 5.41) is 17.6. The van der Waals surface area contributed by atoms with Gasteiger partial charge < -0.3 is 24.8 Å². The fourth-order valence-corrected chi connectivity index (χ4v) is 4.31. The van der Waals surface area contributed by atoms with Gasteiger partial charge in [-0.1, -0.05) is 48.5 Å². The molecule has 12 heteroatoms. The zero-order valence-electron chi connectivity index (χ0n) is 22.7. The number of alkyl halides is 2. The van der Waals surface area contributed by atoms with E-state index in [1.165, 1.54) is 38.1 Å². The molecule has 0 aliphatic carbocycles. The molecule has 0 radical (unpaired) electrons. The Morgan fingerprint density at radius 2 is 1.68 bits per heavy atom. The zero-order valence-corrected chi connectivity index (χ0v) is 22.7. The normalized spacial score (nSPS) is 16.2. The number of allylic oxidation sites excluding steroid dienone is 3. The summed E-state index contributed by atoms with van der Waals surface area (Å²) >= 11 is 0. The van der Waals surface area contributed by atoms with Gasteiger partial charge in [0.05, 0.1) is 22.2 Å². The van der Waals surface area contributed by atoms with Crippen LogP contribution in [0.25, 0.3) is 0 Å². The SMILES string of the molecule is CC1=C(C(=O)OCC(NC(=O)OC(C)(C)C)c2ccccc2)C(c2ccccc2OC(F)F)C([N+](=O)[O-])=C(C)N1. The van der Waals surface area contributed by atoms with Crippen LogP contribution in [-0.4, -0.2) is 35.8 Å². The number of ether oxygens (including phenoxy) is 3. The monoisotopic (exact) mass is 559 g/mol. The Kier molecular flexibility index (Phi) is 9.46. The molecular weight excluding hydrogens is 528 g/mol. The molecule has 0 saturated heterocycles. The minimum atomic E-state index is -3.20. The standard InChI is InChI=1S/C28H31F2N3O7/c1-16-22(23(24(33(36)37)17(2)31-16)19-13-9-10-14-21(19)39-26(29)30)25(34)38-15-20(18-11-7-6-8-12-18)32-27(35)40-28(3,4)5/h6-14,20,23,26,31H,15H2,1-5H3,(H,32,35). The van der Waals surface area contributed by atoms with Gasteiger partial charge in [0.15, 0.2) is 0 Å². The number of carbonyl (C=O) groups is 2. The van der Waals surface area contributed by atoms with Gasteiger partial charge in [0.1, 0.15) is 23.9 Å². The topological polar surface area (TPSA) is 129 Å². The third-order valence-electron chi connectivity index (χ3n) is 5.86. The molecule has 0 saturated carbocycles. The van der Waals surface area contributed by atoms with Gasteiger partial charge in [0, 0.05) is 11.3 Å². The summed E-state index contributed by atoms with van der Waals surface area (Å²) in [6, 6.07) is 13.4. The molecule has 2 aromatic rings. The number of rotatable bonds is 9. The summed E-state index contributed by atoms with van der Waals surface area (Å²) in [5.74, 6) is -2.64. The molecule has 1 aliphatic heterocycles. The number of esters is 1. The highest BCUT2D eigenvalue weighted by Crippen LogP contribution is 2.42. The minimum absolute atomic E-state index is 0.00635. The Hall–Kier alpha value is -4.48. The highest BCUT2D eigenvalue weighted by molar-refractivity contribution is 5.92. The second-order valence-corrected chi connectivity index (χ2v) is 9.99. The highest BCUT2D eigenvalue weighted by Gasteiger charge is 2.42. The van der Waals surface area contributed by atoms with Crippen LogP contribution in [0.3, 0.4) is 0 Å². The largest absolute Gasteiger partial charge is 0.460 e. The lowest BCUT2D eigenvalue weighted by atomic mass is 9.83. The van der Waals surface area contributed by atoms with Gasteiger partial charge >= 0.3 is 18.7 Å². The van der Waals surface area contributed by atoms with Crippen molar-refractivity contribution >= 4 is 12.1 Å². The van der Waals surface area contributed by atoms with E-state index in [1.807, 2.05) is 0 Å². The molecule has 2 aromatic carbocycles. The molecule has 214 valence electrons. The van der Waals surface area contributed by atoms with Crippen LogP contribution in [0.4, 0.5) is 13.6 Å². The van der Waals surface area contributed by atoms with Crippen molar-refractivity contribution in [2.24, 2.45) is 0 Å². The first-order chi connectivity index (χ1) is 18.8. The number of halogens is 2. The molecule has 2 N–H and O–H groups in total. The first-order valence-electron chi connectivity index (χ1n) is 12.4. The van der Waals surface area contributed by atoms with Crippen LogP contribution in [0, 0.1) is 10.1 Å². The Balaban J connectivity index is 1.97. The van der Waals surface area contributed by atoms with Gasteiger partial charge in [-0.3, -0.25) is 10.1 Å². The average molecular weight is 560 g/mol. The molecular formula is C28H31F2N3O7. The quantitative estimate of drug-likeness (QED) is 0.232. The van der Waals surface area contributed by atoms with Crippen LogP contribution < -0.4 is 15.4 Å². The van der Waals surface area contributed by atoms with E-state index < -0.39 is 46.9 Å². The maximum Gasteiger partial charge on any atom is 0.408 e. The third-order valence-corrected chi connectivity index (χ3v) is 5.86. The number of alkyl carbamates (subject to hydrolysis) is 1. The highest BCUT2D eigenvalue weighted by atomic mass is 19.3. The van der Waals surface area contributed by atoms with Crippen molar-refractivity contribution in [3.63, 3.8) is 0 Å². The van der Waals surface area contributed by atoms with Crippen molar-refractivity contribution < 1.29 is 37.5 Å². The van der Waals surface area contributed by atoms with E-state index in [1.54, 1.807) is 51.1 Å². The van der Waals surface area contributed by atoms with Crippen LogP contribution in [-0.2, 0) is 14.3 Å². The smallest absolute Gasteiger partial charge is 0.408 e. The number of para-hydroxylation sites is 1. The Morgan fingerprint density at radius 1 is 1.05 bits per heavy atom. The van der Waals surface area contributed by atoms with E-state index >= 15 is 0 Å². The van der Waals surface area contributed by atoms with Crippen molar-refractivity contribution in [2.75, 3.05) is 6.61 Å². The van der Waals surface area contributed by atoms with Crippen LogP contribution >= 0.6 is 0 Å². The number of hydrogen-bond donors (Lipinski definition) is 2. The summed E-state index contributed by atoms with van der Waals surface area (Å²) in [6.45, 7) is 4.53. The second-order valence-electron chi connectivity index (χ2n) is 9.99. The Labute approximate surface area is 230 Å². The number of nitrogens with one attached hydrogen (secondary N) is 2. The lowest BCUT2D eigenvalue weighted by Crippen LogP contribution is -2.37.